The molecule has 1 heterocycles. The lowest BCUT2D eigenvalue weighted by Crippen LogP contribution is -2.24. The minimum absolute atomic E-state index is 0.150. The predicted octanol–water partition coefficient (Wildman–Crippen LogP) is 3.12. The van der Waals surface area contributed by atoms with Gasteiger partial charge in [0.15, 0.2) is 11.5 Å². The van der Waals surface area contributed by atoms with Crippen molar-refractivity contribution < 1.29 is 24.1 Å². The van der Waals surface area contributed by atoms with E-state index in [4.69, 9.17) is 14.2 Å². The highest BCUT2D eigenvalue weighted by atomic mass is 16.5. The molecule has 0 saturated heterocycles. The fourth-order valence-electron chi connectivity index (χ4n) is 3.21. The summed E-state index contributed by atoms with van der Waals surface area (Å²) in [4.78, 5) is 12.1. The largest absolute Gasteiger partial charge is 0.508 e. The van der Waals surface area contributed by atoms with Crippen molar-refractivity contribution in [2.24, 2.45) is 5.10 Å². The Kier molecular flexibility index (Phi) is 5.21. The fraction of sp³-hybridized carbons (Fsp3) is 0.300. The van der Waals surface area contributed by atoms with Crippen LogP contribution in [0.15, 0.2) is 41.5 Å². The van der Waals surface area contributed by atoms with Gasteiger partial charge in [-0.15, -0.1) is 0 Å². The number of hydrogen-bond acceptors (Lipinski definition) is 6. The monoisotopic (exact) mass is 370 g/mol. The number of hydrogen-bond donors (Lipinski definition) is 1. The van der Waals surface area contributed by atoms with Gasteiger partial charge in [-0.1, -0.05) is 12.1 Å². The molecule has 7 nitrogen and oxygen atoms in total. The normalized spacial score (nSPS) is 16.1. The van der Waals surface area contributed by atoms with Gasteiger partial charge in [-0.25, -0.2) is 5.01 Å². The molecule has 0 spiro atoms. The van der Waals surface area contributed by atoms with Crippen LogP contribution < -0.4 is 14.2 Å². The third kappa shape index (κ3) is 3.53. The Labute approximate surface area is 157 Å². The molecule has 0 radical (unpaired) electrons. The molecule has 0 aromatic heterocycles. The zero-order valence-electron chi connectivity index (χ0n) is 15.7. The Bertz CT molecular complexity index is 869. The number of phenolic OH excluding ortho intramolecular Hbond substituents is 1. The first-order chi connectivity index (χ1) is 13.0. The maximum atomic E-state index is 12.1. The number of amides is 1. The van der Waals surface area contributed by atoms with Crippen LogP contribution in [0.5, 0.6) is 23.0 Å². The summed E-state index contributed by atoms with van der Waals surface area (Å²) in [5.74, 6) is 1.51. The zero-order valence-corrected chi connectivity index (χ0v) is 15.7. The van der Waals surface area contributed by atoms with Crippen molar-refractivity contribution in [1.29, 1.82) is 0 Å². The van der Waals surface area contributed by atoms with E-state index in [0.717, 1.165) is 16.8 Å². The second-order valence-corrected chi connectivity index (χ2v) is 6.14. The summed E-state index contributed by atoms with van der Waals surface area (Å²) in [5.41, 5.74) is 2.31. The van der Waals surface area contributed by atoms with Crippen LogP contribution in [0.3, 0.4) is 0 Å². The number of rotatable bonds is 5. The average Bonchev–Trinajstić information content (AvgIpc) is 3.12. The van der Waals surface area contributed by atoms with Crippen LogP contribution in [-0.2, 0) is 4.79 Å². The van der Waals surface area contributed by atoms with Crippen molar-refractivity contribution in [3.05, 3.63) is 47.5 Å². The van der Waals surface area contributed by atoms with Gasteiger partial charge >= 0.3 is 0 Å². The van der Waals surface area contributed by atoms with E-state index in [9.17, 15) is 9.90 Å². The van der Waals surface area contributed by atoms with Crippen molar-refractivity contribution in [2.45, 2.75) is 19.4 Å². The van der Waals surface area contributed by atoms with Gasteiger partial charge in [0.1, 0.15) is 5.75 Å². The summed E-state index contributed by atoms with van der Waals surface area (Å²) >= 11 is 0. The molecule has 1 aliphatic heterocycles. The molecule has 1 N–H and O–H groups in total. The average molecular weight is 370 g/mol. The SMILES string of the molecule is COc1cc(C2=NN(C(C)=O)[C@H](c3cccc(O)c3)C2)cc(OC)c1OC. The Balaban J connectivity index is 2.02. The zero-order chi connectivity index (χ0) is 19.6. The third-order valence-corrected chi connectivity index (χ3v) is 4.49. The molecule has 1 atom stereocenters. The Morgan fingerprint density at radius 3 is 2.30 bits per heavy atom. The lowest BCUT2D eigenvalue weighted by atomic mass is 9.97. The number of ether oxygens (including phenoxy) is 3. The van der Waals surface area contributed by atoms with Gasteiger partial charge in [-0.2, -0.15) is 5.10 Å². The molecule has 2 aromatic carbocycles. The van der Waals surface area contributed by atoms with Gasteiger partial charge in [0, 0.05) is 18.9 Å². The molecular formula is C20H22N2O5. The Morgan fingerprint density at radius 1 is 1.11 bits per heavy atom. The highest BCUT2D eigenvalue weighted by molar-refractivity contribution is 6.04. The summed E-state index contributed by atoms with van der Waals surface area (Å²) in [6.45, 7) is 1.47. The molecule has 7 heteroatoms. The van der Waals surface area contributed by atoms with E-state index in [1.807, 2.05) is 18.2 Å². The van der Waals surface area contributed by atoms with Crippen LogP contribution in [-0.4, -0.2) is 43.1 Å². The molecule has 3 rings (SSSR count). The van der Waals surface area contributed by atoms with Crippen molar-refractivity contribution in [3.63, 3.8) is 0 Å². The molecule has 0 fully saturated rings. The summed E-state index contributed by atoms with van der Waals surface area (Å²) in [7, 11) is 4.65. The first kappa shape index (κ1) is 18.6. The van der Waals surface area contributed by atoms with E-state index in [1.165, 1.54) is 11.9 Å². The molecule has 2 aromatic rings. The fourth-order valence-corrected chi connectivity index (χ4v) is 3.21. The molecule has 27 heavy (non-hydrogen) atoms. The number of phenols is 1. The van der Waals surface area contributed by atoms with Gasteiger partial charge in [0.05, 0.1) is 33.1 Å². The number of aromatic hydroxyl groups is 1. The second kappa shape index (κ2) is 7.57. The molecule has 0 unspecified atom stereocenters. The standard InChI is InChI=1S/C20H22N2O5/c1-12(23)22-17(13-6-5-7-15(24)8-13)11-16(21-22)14-9-18(25-2)20(27-4)19(10-14)26-3/h5-10,17,24H,11H2,1-4H3/t17-/m0/s1. The summed E-state index contributed by atoms with van der Waals surface area (Å²) in [5, 5.41) is 15.7. The summed E-state index contributed by atoms with van der Waals surface area (Å²) in [6.07, 6.45) is 0.502. The Hall–Kier alpha value is -3.22. The van der Waals surface area contributed by atoms with Crippen molar-refractivity contribution in [3.8, 4) is 23.0 Å². The highest BCUT2D eigenvalue weighted by Gasteiger charge is 2.32. The molecule has 0 saturated carbocycles. The minimum Gasteiger partial charge on any atom is -0.508 e. The highest BCUT2D eigenvalue weighted by Crippen LogP contribution is 2.41. The van der Waals surface area contributed by atoms with E-state index < -0.39 is 0 Å². The number of carbonyl (C=O) groups is 1. The van der Waals surface area contributed by atoms with Gasteiger partial charge in [0.2, 0.25) is 11.7 Å². The maximum absolute atomic E-state index is 12.1. The van der Waals surface area contributed by atoms with Crippen LogP contribution >= 0.6 is 0 Å². The van der Waals surface area contributed by atoms with Crippen molar-refractivity contribution >= 4 is 11.6 Å². The summed E-state index contributed by atoms with van der Waals surface area (Å²) in [6, 6.07) is 10.2. The van der Waals surface area contributed by atoms with Gasteiger partial charge in [0.25, 0.3) is 0 Å². The lowest BCUT2D eigenvalue weighted by molar-refractivity contribution is -0.130. The molecule has 0 aliphatic carbocycles. The van der Waals surface area contributed by atoms with Crippen LogP contribution in [0, 0.1) is 0 Å². The Morgan fingerprint density at radius 2 is 1.78 bits per heavy atom. The van der Waals surface area contributed by atoms with Gasteiger partial charge < -0.3 is 19.3 Å². The van der Waals surface area contributed by atoms with Crippen LogP contribution in [0.1, 0.15) is 30.5 Å². The smallest absolute Gasteiger partial charge is 0.240 e. The summed E-state index contributed by atoms with van der Waals surface area (Å²) < 4.78 is 16.2. The number of carbonyl (C=O) groups excluding carboxylic acids is 1. The first-order valence-electron chi connectivity index (χ1n) is 8.45. The van der Waals surface area contributed by atoms with E-state index >= 15 is 0 Å². The lowest BCUT2D eigenvalue weighted by Gasteiger charge is -2.20. The maximum Gasteiger partial charge on any atom is 0.240 e. The van der Waals surface area contributed by atoms with Crippen molar-refractivity contribution in [1.82, 2.24) is 5.01 Å². The first-order valence-corrected chi connectivity index (χ1v) is 8.45. The van der Waals surface area contributed by atoms with E-state index in [0.29, 0.717) is 23.7 Å². The predicted molar refractivity (Wildman–Crippen MR) is 101 cm³/mol. The topological polar surface area (TPSA) is 80.6 Å². The quantitative estimate of drug-likeness (QED) is 0.875. The van der Waals surface area contributed by atoms with E-state index in [1.54, 1.807) is 39.5 Å². The van der Waals surface area contributed by atoms with Gasteiger partial charge in [-0.3, -0.25) is 4.79 Å². The second-order valence-electron chi connectivity index (χ2n) is 6.14. The number of methoxy groups -OCH3 is 3. The molecule has 142 valence electrons. The van der Waals surface area contributed by atoms with E-state index in [2.05, 4.69) is 5.10 Å². The third-order valence-electron chi connectivity index (χ3n) is 4.49. The van der Waals surface area contributed by atoms with Crippen LogP contribution in [0.25, 0.3) is 0 Å². The number of nitrogens with zero attached hydrogens (tertiary/aromatic N) is 2. The minimum atomic E-state index is -0.288. The van der Waals surface area contributed by atoms with Crippen molar-refractivity contribution in [2.75, 3.05) is 21.3 Å². The van der Waals surface area contributed by atoms with Gasteiger partial charge in [-0.05, 0) is 29.8 Å². The number of hydrazone groups is 1. The molecular weight excluding hydrogens is 348 g/mol. The number of benzene rings is 2. The molecule has 1 amide bonds. The van der Waals surface area contributed by atoms with Crippen LogP contribution in [0.2, 0.25) is 0 Å². The molecule has 1 aliphatic rings. The molecule has 0 bridgehead atoms. The van der Waals surface area contributed by atoms with Crippen LogP contribution in [0.4, 0.5) is 0 Å². The van der Waals surface area contributed by atoms with E-state index in [-0.39, 0.29) is 17.7 Å².